The lowest BCUT2D eigenvalue weighted by Gasteiger charge is -2.13. The second-order valence-corrected chi connectivity index (χ2v) is 5.35. The van der Waals surface area contributed by atoms with Crippen molar-refractivity contribution in [2.75, 3.05) is 31.4 Å². The van der Waals surface area contributed by atoms with Crippen molar-refractivity contribution in [1.29, 1.82) is 0 Å². The standard InChI is InChI=1S/C17H20N4O3S/c1-23-14-7-3-5-12(9-14)18-11-16(22)20-21-17(25)19-13-6-4-8-15(10-13)24-2/h3-10,18H,11H2,1-2H3,(H,20,22)(H2,19,21,25). The molecule has 4 N–H and O–H groups in total. The topological polar surface area (TPSA) is 83.7 Å². The van der Waals surface area contributed by atoms with Crippen LogP contribution >= 0.6 is 12.2 Å². The molecule has 2 aromatic rings. The van der Waals surface area contributed by atoms with Crippen molar-refractivity contribution in [2.24, 2.45) is 0 Å². The molecular formula is C17H20N4O3S. The highest BCUT2D eigenvalue weighted by Crippen LogP contribution is 2.17. The summed E-state index contributed by atoms with van der Waals surface area (Å²) in [5.74, 6) is 1.16. The molecular weight excluding hydrogens is 340 g/mol. The minimum absolute atomic E-state index is 0.0853. The predicted octanol–water partition coefficient (Wildman–Crippen LogP) is 2.13. The summed E-state index contributed by atoms with van der Waals surface area (Å²) in [6.45, 7) is 0.0853. The maximum atomic E-state index is 11.9. The molecule has 8 heteroatoms. The lowest BCUT2D eigenvalue weighted by Crippen LogP contribution is -2.45. The van der Waals surface area contributed by atoms with Gasteiger partial charge >= 0.3 is 0 Å². The van der Waals surface area contributed by atoms with Gasteiger partial charge in [0.05, 0.1) is 20.8 Å². The minimum Gasteiger partial charge on any atom is -0.497 e. The van der Waals surface area contributed by atoms with E-state index in [1.165, 1.54) is 0 Å². The van der Waals surface area contributed by atoms with Crippen LogP contribution in [0.2, 0.25) is 0 Å². The van der Waals surface area contributed by atoms with Crippen molar-refractivity contribution in [3.05, 3.63) is 48.5 Å². The number of anilines is 2. The fourth-order valence-electron chi connectivity index (χ4n) is 1.95. The first-order valence-electron chi connectivity index (χ1n) is 7.48. The summed E-state index contributed by atoms with van der Waals surface area (Å²) < 4.78 is 10.3. The molecule has 1 amide bonds. The number of carbonyl (C=O) groups is 1. The Balaban J connectivity index is 1.74. The molecule has 0 atom stereocenters. The number of rotatable bonds is 6. The van der Waals surface area contributed by atoms with Crippen LogP contribution in [0.5, 0.6) is 11.5 Å². The number of benzene rings is 2. The quantitative estimate of drug-likeness (QED) is 0.464. The van der Waals surface area contributed by atoms with Crippen LogP contribution in [0, 0.1) is 0 Å². The molecule has 0 spiro atoms. The fraction of sp³-hybridized carbons (Fsp3) is 0.176. The number of hydrazine groups is 1. The summed E-state index contributed by atoms with van der Waals surface area (Å²) in [6.07, 6.45) is 0. The van der Waals surface area contributed by atoms with E-state index in [-0.39, 0.29) is 17.6 Å². The Bertz CT molecular complexity index is 739. The van der Waals surface area contributed by atoms with Gasteiger partial charge in [0, 0.05) is 23.5 Å². The van der Waals surface area contributed by atoms with E-state index in [1.807, 2.05) is 36.4 Å². The van der Waals surface area contributed by atoms with Crippen molar-refractivity contribution < 1.29 is 14.3 Å². The van der Waals surface area contributed by atoms with E-state index in [0.29, 0.717) is 11.5 Å². The number of ether oxygens (including phenoxy) is 2. The number of nitrogens with one attached hydrogen (secondary N) is 4. The largest absolute Gasteiger partial charge is 0.497 e. The summed E-state index contributed by atoms with van der Waals surface area (Å²) >= 11 is 5.13. The third-order valence-electron chi connectivity index (χ3n) is 3.17. The molecule has 0 aromatic heterocycles. The number of thiocarbonyl (C=S) groups is 1. The summed E-state index contributed by atoms with van der Waals surface area (Å²) in [7, 11) is 3.18. The van der Waals surface area contributed by atoms with E-state index in [1.54, 1.807) is 26.4 Å². The highest BCUT2D eigenvalue weighted by atomic mass is 32.1. The van der Waals surface area contributed by atoms with Gasteiger partial charge in [-0.2, -0.15) is 0 Å². The summed E-state index contributed by atoms with van der Waals surface area (Å²) in [5.41, 5.74) is 6.69. The lowest BCUT2D eigenvalue weighted by atomic mass is 10.3. The van der Waals surface area contributed by atoms with Gasteiger partial charge in [-0.25, -0.2) is 0 Å². The van der Waals surface area contributed by atoms with Gasteiger partial charge in [-0.05, 0) is 36.5 Å². The van der Waals surface area contributed by atoms with Crippen LogP contribution in [0.15, 0.2) is 48.5 Å². The van der Waals surface area contributed by atoms with Gasteiger partial charge in [-0.1, -0.05) is 12.1 Å². The Morgan fingerprint density at radius 1 is 0.960 bits per heavy atom. The molecule has 2 aromatic carbocycles. The van der Waals surface area contributed by atoms with Crippen molar-refractivity contribution >= 4 is 34.6 Å². The highest BCUT2D eigenvalue weighted by molar-refractivity contribution is 7.80. The van der Waals surface area contributed by atoms with Gasteiger partial charge in [-0.3, -0.25) is 15.6 Å². The Morgan fingerprint density at radius 3 is 2.20 bits per heavy atom. The first-order chi connectivity index (χ1) is 12.1. The van der Waals surface area contributed by atoms with Crippen molar-refractivity contribution in [2.45, 2.75) is 0 Å². The van der Waals surface area contributed by atoms with E-state index in [0.717, 1.165) is 11.4 Å². The Hall–Kier alpha value is -3.00. The molecule has 0 radical (unpaired) electrons. The lowest BCUT2D eigenvalue weighted by molar-refractivity contribution is -0.119. The molecule has 0 heterocycles. The number of amides is 1. The average Bonchev–Trinajstić information content (AvgIpc) is 2.65. The zero-order valence-corrected chi connectivity index (χ0v) is 14.8. The first-order valence-corrected chi connectivity index (χ1v) is 7.89. The molecule has 0 aliphatic heterocycles. The Kier molecular flexibility index (Phi) is 6.85. The molecule has 0 saturated carbocycles. The number of methoxy groups -OCH3 is 2. The molecule has 0 unspecified atom stereocenters. The van der Waals surface area contributed by atoms with E-state index in [4.69, 9.17) is 21.7 Å². The van der Waals surface area contributed by atoms with Gasteiger partial charge in [0.1, 0.15) is 11.5 Å². The maximum absolute atomic E-state index is 11.9. The van der Waals surface area contributed by atoms with Gasteiger partial charge in [0.2, 0.25) is 0 Å². The second-order valence-electron chi connectivity index (χ2n) is 4.94. The number of carbonyl (C=O) groups excluding carboxylic acids is 1. The van der Waals surface area contributed by atoms with Crippen LogP contribution in [-0.4, -0.2) is 31.8 Å². The maximum Gasteiger partial charge on any atom is 0.257 e. The van der Waals surface area contributed by atoms with Crippen molar-refractivity contribution in [1.82, 2.24) is 10.9 Å². The molecule has 25 heavy (non-hydrogen) atoms. The minimum atomic E-state index is -0.266. The number of hydrogen-bond acceptors (Lipinski definition) is 5. The van der Waals surface area contributed by atoms with E-state index >= 15 is 0 Å². The van der Waals surface area contributed by atoms with Crippen LogP contribution < -0.4 is 31.0 Å². The zero-order chi connectivity index (χ0) is 18.1. The summed E-state index contributed by atoms with van der Waals surface area (Å²) in [5, 5.41) is 6.21. The Morgan fingerprint density at radius 2 is 1.56 bits per heavy atom. The third-order valence-corrected chi connectivity index (χ3v) is 3.37. The highest BCUT2D eigenvalue weighted by Gasteiger charge is 2.04. The third kappa shape index (κ3) is 6.19. The Labute approximate surface area is 151 Å². The molecule has 0 bridgehead atoms. The van der Waals surface area contributed by atoms with Gasteiger partial charge in [0.25, 0.3) is 5.91 Å². The van der Waals surface area contributed by atoms with Crippen molar-refractivity contribution in [3.63, 3.8) is 0 Å². The van der Waals surface area contributed by atoms with Crippen molar-refractivity contribution in [3.8, 4) is 11.5 Å². The van der Waals surface area contributed by atoms with Crippen LogP contribution in [0.25, 0.3) is 0 Å². The van der Waals surface area contributed by atoms with Gasteiger partial charge in [-0.15, -0.1) is 0 Å². The fourth-order valence-corrected chi connectivity index (χ4v) is 2.12. The van der Waals surface area contributed by atoms with E-state index in [2.05, 4.69) is 21.5 Å². The SMILES string of the molecule is COc1cccc(NCC(=O)NNC(=S)Nc2cccc(OC)c2)c1. The smallest absolute Gasteiger partial charge is 0.257 e. The molecule has 0 aliphatic rings. The average molecular weight is 360 g/mol. The van der Waals surface area contributed by atoms with Crippen LogP contribution in [0.3, 0.4) is 0 Å². The van der Waals surface area contributed by atoms with Crippen LogP contribution in [-0.2, 0) is 4.79 Å². The van der Waals surface area contributed by atoms with Gasteiger partial charge < -0.3 is 20.1 Å². The second kappa shape index (κ2) is 9.33. The molecule has 0 fully saturated rings. The first kappa shape index (κ1) is 18.3. The number of hydrogen-bond donors (Lipinski definition) is 4. The molecule has 0 saturated heterocycles. The van der Waals surface area contributed by atoms with Crippen LogP contribution in [0.4, 0.5) is 11.4 Å². The zero-order valence-electron chi connectivity index (χ0n) is 14.0. The van der Waals surface area contributed by atoms with E-state index in [9.17, 15) is 4.79 Å². The van der Waals surface area contributed by atoms with Gasteiger partial charge in [0.15, 0.2) is 5.11 Å². The monoisotopic (exact) mass is 360 g/mol. The molecule has 7 nitrogen and oxygen atoms in total. The molecule has 2 rings (SSSR count). The summed E-state index contributed by atoms with van der Waals surface area (Å²) in [6, 6.07) is 14.6. The van der Waals surface area contributed by atoms with Crippen LogP contribution in [0.1, 0.15) is 0 Å². The van der Waals surface area contributed by atoms with E-state index < -0.39 is 0 Å². The summed E-state index contributed by atoms with van der Waals surface area (Å²) in [4.78, 5) is 11.9. The molecule has 0 aliphatic carbocycles. The molecule has 132 valence electrons. The predicted molar refractivity (Wildman–Crippen MR) is 102 cm³/mol. The normalized spacial score (nSPS) is 9.68.